The van der Waals surface area contributed by atoms with Gasteiger partial charge >= 0.3 is 0 Å². The number of thiazole rings is 1. The van der Waals surface area contributed by atoms with Crippen molar-refractivity contribution >= 4 is 11.3 Å². The summed E-state index contributed by atoms with van der Waals surface area (Å²) in [5, 5.41) is 7.02. The summed E-state index contributed by atoms with van der Waals surface area (Å²) in [5.41, 5.74) is 1.16. The Kier molecular flexibility index (Phi) is 4.36. The van der Waals surface area contributed by atoms with Crippen LogP contribution in [0.15, 0.2) is 5.38 Å². The maximum atomic E-state index is 4.54. The predicted octanol–water partition coefficient (Wildman–Crippen LogP) is 3.33. The van der Waals surface area contributed by atoms with Gasteiger partial charge in [-0.05, 0) is 32.2 Å². The van der Waals surface area contributed by atoms with Crippen molar-refractivity contribution < 1.29 is 0 Å². The molecule has 0 spiro atoms. The summed E-state index contributed by atoms with van der Waals surface area (Å²) in [6, 6.07) is 0. The lowest BCUT2D eigenvalue weighted by Crippen LogP contribution is -2.25. The topological polar surface area (TPSA) is 24.9 Å². The van der Waals surface area contributed by atoms with E-state index in [2.05, 4.69) is 29.5 Å². The first kappa shape index (κ1) is 12.1. The molecule has 0 radical (unpaired) electrons. The van der Waals surface area contributed by atoms with E-state index >= 15 is 0 Å². The van der Waals surface area contributed by atoms with Crippen molar-refractivity contribution in [1.29, 1.82) is 0 Å². The Morgan fingerprint density at radius 3 is 2.88 bits per heavy atom. The van der Waals surface area contributed by atoms with E-state index < -0.39 is 0 Å². The predicted molar refractivity (Wildman–Crippen MR) is 70.1 cm³/mol. The van der Waals surface area contributed by atoms with Gasteiger partial charge in [-0.1, -0.05) is 19.8 Å². The highest BCUT2D eigenvalue weighted by Gasteiger charge is 2.15. The quantitative estimate of drug-likeness (QED) is 0.851. The van der Waals surface area contributed by atoms with Crippen LogP contribution in [-0.2, 0) is 0 Å². The second-order valence-electron chi connectivity index (χ2n) is 5.04. The second kappa shape index (κ2) is 5.78. The molecule has 1 atom stereocenters. The summed E-state index contributed by atoms with van der Waals surface area (Å²) < 4.78 is 0. The average Bonchev–Trinajstić information content (AvgIpc) is 2.89. The standard InChI is InChI=1S/C13H22N2S/c1-10(13-15-11(2)9-16-13)7-14-8-12-5-3-4-6-12/h9-10,12,14H,3-8H2,1-2H3. The van der Waals surface area contributed by atoms with Crippen LogP contribution in [0, 0.1) is 12.8 Å². The molecular formula is C13H22N2S. The monoisotopic (exact) mass is 238 g/mol. The van der Waals surface area contributed by atoms with Crippen LogP contribution < -0.4 is 5.32 Å². The molecule has 16 heavy (non-hydrogen) atoms. The average molecular weight is 238 g/mol. The normalized spacial score (nSPS) is 19.1. The van der Waals surface area contributed by atoms with Crippen molar-refractivity contribution in [1.82, 2.24) is 10.3 Å². The van der Waals surface area contributed by atoms with Crippen molar-refractivity contribution in [2.75, 3.05) is 13.1 Å². The summed E-state index contributed by atoms with van der Waals surface area (Å²) in [7, 11) is 0. The zero-order chi connectivity index (χ0) is 11.4. The molecular weight excluding hydrogens is 216 g/mol. The van der Waals surface area contributed by atoms with Gasteiger partial charge in [0.2, 0.25) is 0 Å². The first-order valence-corrected chi connectivity index (χ1v) is 7.26. The molecule has 90 valence electrons. The maximum Gasteiger partial charge on any atom is 0.0969 e. The van der Waals surface area contributed by atoms with Crippen LogP contribution in [0.3, 0.4) is 0 Å². The van der Waals surface area contributed by atoms with E-state index in [1.54, 1.807) is 11.3 Å². The summed E-state index contributed by atoms with van der Waals surface area (Å²) >= 11 is 1.79. The fourth-order valence-electron chi connectivity index (χ4n) is 2.40. The Bertz CT molecular complexity index is 315. The molecule has 0 aliphatic heterocycles. The molecule has 2 nitrogen and oxygen atoms in total. The number of hydrogen-bond donors (Lipinski definition) is 1. The number of rotatable bonds is 5. The molecule has 0 aromatic carbocycles. The van der Waals surface area contributed by atoms with Gasteiger partial charge in [-0.3, -0.25) is 0 Å². The van der Waals surface area contributed by atoms with E-state index in [9.17, 15) is 0 Å². The van der Waals surface area contributed by atoms with E-state index in [0.717, 1.165) is 18.2 Å². The first-order valence-electron chi connectivity index (χ1n) is 6.38. The number of nitrogens with zero attached hydrogens (tertiary/aromatic N) is 1. The molecule has 0 saturated heterocycles. The number of hydrogen-bond acceptors (Lipinski definition) is 3. The second-order valence-corrected chi connectivity index (χ2v) is 5.93. The highest BCUT2D eigenvalue weighted by atomic mass is 32.1. The summed E-state index contributed by atoms with van der Waals surface area (Å²) in [5.74, 6) is 1.49. The third kappa shape index (κ3) is 3.29. The summed E-state index contributed by atoms with van der Waals surface area (Å²) in [4.78, 5) is 4.54. The van der Waals surface area contributed by atoms with Gasteiger partial charge in [-0.2, -0.15) is 0 Å². The molecule has 1 aromatic heterocycles. The molecule has 1 unspecified atom stereocenters. The van der Waals surface area contributed by atoms with Crippen LogP contribution >= 0.6 is 11.3 Å². The van der Waals surface area contributed by atoms with Gasteiger partial charge in [-0.15, -0.1) is 11.3 Å². The Labute approximate surface area is 102 Å². The SMILES string of the molecule is Cc1csc(C(C)CNCC2CCCC2)n1. The highest BCUT2D eigenvalue weighted by Crippen LogP contribution is 2.24. The van der Waals surface area contributed by atoms with E-state index in [-0.39, 0.29) is 0 Å². The molecule has 1 aliphatic carbocycles. The minimum Gasteiger partial charge on any atom is -0.316 e. The summed E-state index contributed by atoms with van der Waals surface area (Å²) in [6.07, 6.45) is 5.73. The molecule has 1 aromatic rings. The molecule has 1 aliphatic rings. The van der Waals surface area contributed by atoms with E-state index in [0.29, 0.717) is 5.92 Å². The number of nitrogens with one attached hydrogen (secondary N) is 1. The van der Waals surface area contributed by atoms with Crippen molar-refractivity contribution in [3.63, 3.8) is 0 Å². The zero-order valence-corrected chi connectivity index (χ0v) is 11.1. The molecule has 0 bridgehead atoms. The highest BCUT2D eigenvalue weighted by molar-refractivity contribution is 7.09. The number of aromatic nitrogens is 1. The fraction of sp³-hybridized carbons (Fsp3) is 0.769. The smallest absolute Gasteiger partial charge is 0.0969 e. The van der Waals surface area contributed by atoms with Crippen molar-refractivity contribution in [3.8, 4) is 0 Å². The molecule has 2 rings (SSSR count). The fourth-order valence-corrected chi connectivity index (χ4v) is 3.26. The lowest BCUT2D eigenvalue weighted by atomic mass is 10.1. The van der Waals surface area contributed by atoms with Crippen molar-refractivity contribution in [2.45, 2.75) is 45.4 Å². The molecule has 1 fully saturated rings. The molecule has 1 N–H and O–H groups in total. The van der Waals surface area contributed by atoms with Crippen LogP contribution in [0.2, 0.25) is 0 Å². The van der Waals surface area contributed by atoms with Crippen molar-refractivity contribution in [3.05, 3.63) is 16.1 Å². The third-order valence-electron chi connectivity index (χ3n) is 3.42. The van der Waals surface area contributed by atoms with Gasteiger partial charge in [0.05, 0.1) is 5.01 Å². The summed E-state index contributed by atoms with van der Waals surface area (Å²) in [6.45, 7) is 6.61. The number of aryl methyl sites for hydroxylation is 1. The molecule has 0 amide bonds. The Balaban J connectivity index is 1.69. The van der Waals surface area contributed by atoms with Crippen LogP contribution in [0.4, 0.5) is 0 Å². The lowest BCUT2D eigenvalue weighted by molar-refractivity contribution is 0.477. The maximum absolute atomic E-state index is 4.54. The van der Waals surface area contributed by atoms with Crippen LogP contribution in [0.1, 0.15) is 49.2 Å². The zero-order valence-electron chi connectivity index (χ0n) is 10.3. The van der Waals surface area contributed by atoms with Gasteiger partial charge in [0.1, 0.15) is 0 Å². The van der Waals surface area contributed by atoms with Crippen LogP contribution in [-0.4, -0.2) is 18.1 Å². The molecule has 1 saturated carbocycles. The van der Waals surface area contributed by atoms with Gasteiger partial charge in [0, 0.05) is 23.5 Å². The largest absolute Gasteiger partial charge is 0.316 e. The minimum absolute atomic E-state index is 0.556. The first-order chi connectivity index (χ1) is 7.75. The van der Waals surface area contributed by atoms with Gasteiger partial charge in [0.25, 0.3) is 0 Å². The Hall–Kier alpha value is -0.410. The van der Waals surface area contributed by atoms with Crippen LogP contribution in [0.25, 0.3) is 0 Å². The van der Waals surface area contributed by atoms with Crippen LogP contribution in [0.5, 0.6) is 0 Å². The van der Waals surface area contributed by atoms with E-state index in [1.807, 2.05) is 0 Å². The third-order valence-corrected chi connectivity index (χ3v) is 4.61. The van der Waals surface area contributed by atoms with Gasteiger partial charge in [0.15, 0.2) is 0 Å². The lowest BCUT2D eigenvalue weighted by Gasteiger charge is -2.13. The van der Waals surface area contributed by atoms with Gasteiger partial charge in [-0.25, -0.2) is 4.98 Å². The molecule has 1 heterocycles. The Morgan fingerprint density at radius 1 is 1.50 bits per heavy atom. The van der Waals surface area contributed by atoms with Gasteiger partial charge < -0.3 is 5.32 Å². The molecule has 3 heteroatoms. The van der Waals surface area contributed by atoms with E-state index in [4.69, 9.17) is 0 Å². The van der Waals surface area contributed by atoms with Crippen molar-refractivity contribution in [2.24, 2.45) is 5.92 Å². The van der Waals surface area contributed by atoms with E-state index in [1.165, 1.54) is 37.2 Å². The minimum atomic E-state index is 0.556. The Morgan fingerprint density at radius 2 is 2.25 bits per heavy atom.